The molecule has 8 aliphatic rings. The van der Waals surface area contributed by atoms with Crippen LogP contribution in [0.3, 0.4) is 0 Å². The van der Waals surface area contributed by atoms with Gasteiger partial charge in [0.05, 0.1) is 49.8 Å². The van der Waals surface area contributed by atoms with Gasteiger partial charge in [0.25, 0.3) is 0 Å². The van der Waals surface area contributed by atoms with Gasteiger partial charge >= 0.3 is 0 Å². The van der Waals surface area contributed by atoms with Crippen LogP contribution in [-0.2, 0) is 37.9 Å². The molecule has 8 rings (SSSR count). The second-order valence-corrected chi connectivity index (χ2v) is 26.2. The summed E-state index contributed by atoms with van der Waals surface area (Å²) in [6, 6.07) is 0. The zero-order valence-corrected chi connectivity index (χ0v) is 46.1. The molecule has 0 aromatic carbocycles. The van der Waals surface area contributed by atoms with Crippen LogP contribution in [0.25, 0.3) is 0 Å². The molecular weight excluding hydrogens is 1030 g/mol. The normalized spacial score (nSPS) is 52.6. The lowest BCUT2D eigenvalue weighted by Crippen LogP contribution is -2.68. The lowest BCUT2D eigenvalue weighted by molar-refractivity contribution is -0.378. The average Bonchev–Trinajstić information content (AvgIpc) is 3.95. The highest BCUT2D eigenvalue weighted by molar-refractivity contribution is 5.21. The molecule has 16 N–H and O–H groups in total. The average molecular weight is 1130 g/mol. The van der Waals surface area contributed by atoms with Crippen LogP contribution in [0.1, 0.15) is 107 Å². The van der Waals surface area contributed by atoms with Crippen molar-refractivity contribution in [2.75, 3.05) is 26.4 Å². The van der Waals surface area contributed by atoms with Crippen molar-refractivity contribution in [3.63, 3.8) is 0 Å². The molecule has 78 heavy (non-hydrogen) atoms. The summed E-state index contributed by atoms with van der Waals surface area (Å²) in [5, 5.41) is 173. The smallest absolute Gasteiger partial charge is 0.187 e. The quantitative estimate of drug-likeness (QED) is 0.0534. The Hall–Kier alpha value is -1.22. The molecule has 4 aliphatic heterocycles. The van der Waals surface area contributed by atoms with Gasteiger partial charge in [-0.25, -0.2) is 0 Å². The minimum atomic E-state index is -1.83. The lowest BCUT2D eigenvalue weighted by atomic mass is 9.35. The summed E-state index contributed by atoms with van der Waals surface area (Å²) in [5.41, 5.74) is -4.24. The summed E-state index contributed by atoms with van der Waals surface area (Å²) in [7, 11) is 0. The Morgan fingerprint density at radius 2 is 1.03 bits per heavy atom. The zero-order valence-electron chi connectivity index (χ0n) is 46.1. The van der Waals surface area contributed by atoms with Crippen molar-refractivity contribution in [1.29, 1.82) is 0 Å². The molecule has 4 saturated carbocycles. The SMILES string of the molecule is CC(C)(O)/C=C/C[C@](C)(O[C@@H]1O[C@H](CO[C@@H]2O[C@H](CO)[C@@H](O)[C@H](O)[C@H]2O)[C@@H](O)[C@H](O)[C@H]1O)[C@H]1CC[C@]2(C)[C@@H]1[C@H](O)C[C@@H]1[C@@]3(C)CC[C@H](O[C@@H]4O[C@H](CO)[C@@H](O)[C@H](O)[C@H]4O[C@@H]4O[C@H](CO)[C@@H](O)[C@H](O)[C@H]4O)C(C)(C)[C@@H]3CC[C@]12C. The van der Waals surface area contributed by atoms with E-state index in [9.17, 15) is 81.7 Å². The molecular formula is C54H92O24. The van der Waals surface area contributed by atoms with E-state index in [2.05, 4.69) is 34.6 Å². The first-order valence-electron chi connectivity index (χ1n) is 28.0. The molecule has 0 amide bonds. The summed E-state index contributed by atoms with van der Waals surface area (Å²) < 4.78 is 48.7. The topological polar surface area (TPSA) is 398 Å². The van der Waals surface area contributed by atoms with Crippen LogP contribution in [0.4, 0.5) is 0 Å². The predicted molar refractivity (Wildman–Crippen MR) is 268 cm³/mol. The standard InChI is InChI=1S/C54H92O24/c1-49(2,70)13-9-14-54(8,78-47-43(69)39(65)36(62)28(75-47)22-71-45-41(67)37(63)33(59)25(19-55)72-45)23-10-16-53(7)32(23)24(58)18-30-51(5)15-12-31(50(3,4)29(51)11-17-52(30,53)6)76-48-44(40(66)35(61)27(21-57)74-48)77-46-42(68)38(64)34(60)26(20-56)73-46/h9,13,23-48,55-70H,10-12,14-22H2,1-8H3/b13-9+/t23-,24+,25+,26+,27+,28+,29-,30+,31-,32-,33+,34+,35+,36+,37-,38-,39-,40-,41+,42+,43+,44+,45+,46-,47-,48-,51-,52+,53+,54-/m0/s1. The molecule has 24 heteroatoms. The highest BCUT2D eigenvalue weighted by Gasteiger charge is 2.72. The molecule has 0 aromatic heterocycles. The minimum Gasteiger partial charge on any atom is -0.394 e. The van der Waals surface area contributed by atoms with E-state index in [0.29, 0.717) is 32.1 Å². The van der Waals surface area contributed by atoms with E-state index in [0.717, 1.165) is 12.8 Å². The van der Waals surface area contributed by atoms with E-state index in [4.69, 9.17) is 37.9 Å². The van der Waals surface area contributed by atoms with Crippen molar-refractivity contribution in [1.82, 2.24) is 0 Å². The van der Waals surface area contributed by atoms with Crippen LogP contribution in [-0.4, -0.2) is 254 Å². The Labute approximate surface area is 455 Å². The fourth-order valence-corrected chi connectivity index (χ4v) is 16.1. The van der Waals surface area contributed by atoms with Crippen molar-refractivity contribution >= 4 is 0 Å². The van der Waals surface area contributed by atoms with Gasteiger partial charge in [-0.1, -0.05) is 46.8 Å². The van der Waals surface area contributed by atoms with Crippen LogP contribution in [0.15, 0.2) is 12.2 Å². The first kappa shape index (κ1) is 62.8. The number of hydrogen-bond donors (Lipinski definition) is 16. The number of ether oxygens (including phenoxy) is 8. The maximum absolute atomic E-state index is 12.8. The first-order valence-corrected chi connectivity index (χ1v) is 28.0. The van der Waals surface area contributed by atoms with Gasteiger partial charge < -0.3 is 120 Å². The Morgan fingerprint density at radius 3 is 1.60 bits per heavy atom. The van der Waals surface area contributed by atoms with Crippen LogP contribution in [0.5, 0.6) is 0 Å². The van der Waals surface area contributed by atoms with Gasteiger partial charge in [0, 0.05) is 0 Å². The van der Waals surface area contributed by atoms with Gasteiger partial charge in [0.15, 0.2) is 25.2 Å². The largest absolute Gasteiger partial charge is 0.394 e. The first-order chi connectivity index (χ1) is 36.3. The molecule has 4 saturated heterocycles. The van der Waals surface area contributed by atoms with Crippen LogP contribution < -0.4 is 0 Å². The third-order valence-electron chi connectivity index (χ3n) is 20.7. The van der Waals surface area contributed by atoms with Crippen molar-refractivity contribution in [2.45, 2.75) is 253 Å². The molecule has 30 atom stereocenters. The third-order valence-corrected chi connectivity index (χ3v) is 20.7. The van der Waals surface area contributed by atoms with E-state index < -0.39 is 183 Å². The molecule has 0 spiro atoms. The van der Waals surface area contributed by atoms with Crippen molar-refractivity contribution in [3.8, 4) is 0 Å². The van der Waals surface area contributed by atoms with E-state index in [1.807, 2.05) is 6.92 Å². The fraction of sp³-hybridized carbons (Fsp3) is 0.963. The Bertz CT molecular complexity index is 2030. The number of hydrogen-bond acceptors (Lipinski definition) is 24. The van der Waals surface area contributed by atoms with Crippen LogP contribution in [0, 0.1) is 45.3 Å². The summed E-state index contributed by atoms with van der Waals surface area (Å²) in [4.78, 5) is 0. The fourth-order valence-electron chi connectivity index (χ4n) is 16.1. The van der Waals surface area contributed by atoms with Crippen molar-refractivity contribution in [3.05, 3.63) is 12.2 Å². The Balaban J connectivity index is 1.02. The van der Waals surface area contributed by atoms with Crippen molar-refractivity contribution < 1.29 is 120 Å². The number of aliphatic hydroxyl groups is 16. The molecule has 0 radical (unpaired) electrons. The predicted octanol–water partition coefficient (Wildman–Crippen LogP) is -3.23. The molecule has 452 valence electrons. The maximum atomic E-state index is 12.8. The summed E-state index contributed by atoms with van der Waals surface area (Å²) >= 11 is 0. The molecule has 24 nitrogen and oxygen atoms in total. The Morgan fingerprint density at radius 1 is 0.526 bits per heavy atom. The molecule has 0 unspecified atom stereocenters. The molecule has 4 aliphatic carbocycles. The van der Waals surface area contributed by atoms with Gasteiger partial charge in [-0.15, -0.1) is 0 Å². The Kier molecular flexibility index (Phi) is 18.8. The highest BCUT2D eigenvalue weighted by Crippen LogP contribution is 2.76. The van der Waals surface area contributed by atoms with Gasteiger partial charge in [-0.05, 0) is 117 Å². The number of aliphatic hydroxyl groups excluding tert-OH is 15. The number of rotatable bonds is 16. The zero-order chi connectivity index (χ0) is 57.6. The summed E-state index contributed by atoms with van der Waals surface area (Å²) in [5.74, 6) is -0.746. The highest BCUT2D eigenvalue weighted by atomic mass is 16.8. The number of fused-ring (bicyclic) bond motifs is 5. The van der Waals surface area contributed by atoms with E-state index in [1.54, 1.807) is 26.0 Å². The monoisotopic (exact) mass is 1120 g/mol. The van der Waals surface area contributed by atoms with Crippen molar-refractivity contribution in [2.24, 2.45) is 45.3 Å². The van der Waals surface area contributed by atoms with Crippen LogP contribution >= 0.6 is 0 Å². The minimum absolute atomic E-state index is 0.00485. The van der Waals surface area contributed by atoms with Crippen LogP contribution in [0.2, 0.25) is 0 Å². The maximum Gasteiger partial charge on any atom is 0.187 e. The third kappa shape index (κ3) is 11.1. The second kappa shape index (κ2) is 23.3. The van der Waals surface area contributed by atoms with E-state index in [1.165, 1.54) is 0 Å². The van der Waals surface area contributed by atoms with Gasteiger partial charge in [-0.2, -0.15) is 0 Å². The van der Waals surface area contributed by atoms with E-state index in [-0.39, 0.29) is 40.9 Å². The lowest BCUT2D eigenvalue weighted by Gasteiger charge is -2.71. The summed E-state index contributed by atoms with van der Waals surface area (Å²) in [6.45, 7) is 13.5. The van der Waals surface area contributed by atoms with Gasteiger partial charge in [0.1, 0.15) is 97.7 Å². The van der Waals surface area contributed by atoms with Gasteiger partial charge in [-0.3, -0.25) is 0 Å². The second-order valence-electron chi connectivity index (χ2n) is 26.2. The molecule has 4 heterocycles. The molecule has 0 aromatic rings. The molecule has 0 bridgehead atoms. The van der Waals surface area contributed by atoms with Gasteiger partial charge in [0.2, 0.25) is 0 Å². The summed E-state index contributed by atoms with van der Waals surface area (Å²) in [6.07, 6.45) is -25.7. The van der Waals surface area contributed by atoms with E-state index >= 15 is 0 Å². The molecule has 8 fully saturated rings.